The zero-order chi connectivity index (χ0) is 13.9. The van der Waals surface area contributed by atoms with E-state index in [9.17, 15) is 4.79 Å². The molecule has 0 aliphatic heterocycles. The third-order valence-electron chi connectivity index (χ3n) is 4.51. The first-order valence-electron chi connectivity index (χ1n) is 7.20. The summed E-state index contributed by atoms with van der Waals surface area (Å²) < 4.78 is 0. The lowest BCUT2D eigenvalue weighted by Gasteiger charge is -2.43. The second-order valence-electron chi connectivity index (χ2n) is 5.70. The van der Waals surface area contributed by atoms with Crippen LogP contribution >= 0.6 is 0 Å². The minimum Gasteiger partial charge on any atom is -0.350 e. The number of nitrogens with one attached hydrogen (secondary N) is 1. The Kier molecular flexibility index (Phi) is 4.25. The van der Waals surface area contributed by atoms with Gasteiger partial charge in [-0.1, -0.05) is 44.2 Å². The van der Waals surface area contributed by atoms with Crippen molar-refractivity contribution in [2.24, 2.45) is 11.7 Å². The van der Waals surface area contributed by atoms with E-state index in [-0.39, 0.29) is 23.4 Å². The summed E-state index contributed by atoms with van der Waals surface area (Å²) in [4.78, 5) is 12.3. The van der Waals surface area contributed by atoms with Crippen molar-refractivity contribution in [1.29, 1.82) is 0 Å². The van der Waals surface area contributed by atoms with E-state index in [4.69, 9.17) is 5.73 Å². The maximum Gasteiger partial charge on any atom is 0.225 e. The normalized spacial score (nSPS) is 20.2. The van der Waals surface area contributed by atoms with Crippen molar-refractivity contribution in [3.8, 4) is 0 Å². The Bertz CT molecular complexity index is 420. The fraction of sp³-hybridized carbons (Fsp3) is 0.562. The van der Waals surface area contributed by atoms with Crippen LogP contribution in [0.4, 0.5) is 0 Å². The van der Waals surface area contributed by atoms with Crippen LogP contribution in [0.2, 0.25) is 0 Å². The minimum absolute atomic E-state index is 0.0434. The lowest BCUT2D eigenvalue weighted by atomic mass is 9.74. The van der Waals surface area contributed by atoms with Crippen molar-refractivity contribution in [1.82, 2.24) is 5.32 Å². The van der Waals surface area contributed by atoms with Crippen LogP contribution in [0.15, 0.2) is 30.3 Å². The van der Waals surface area contributed by atoms with Gasteiger partial charge in [0.1, 0.15) is 0 Å². The summed E-state index contributed by atoms with van der Waals surface area (Å²) in [6.07, 6.45) is 4.42. The first kappa shape index (κ1) is 14.1. The summed E-state index contributed by atoms with van der Waals surface area (Å²) in [6, 6.07) is 9.59. The molecule has 19 heavy (non-hydrogen) atoms. The molecule has 1 aromatic carbocycles. The summed E-state index contributed by atoms with van der Waals surface area (Å²) in [5, 5.41) is 3.21. The average molecular weight is 260 g/mol. The van der Waals surface area contributed by atoms with Gasteiger partial charge in [0.05, 0.1) is 5.92 Å². The Hall–Kier alpha value is -1.35. The summed E-state index contributed by atoms with van der Waals surface area (Å²) >= 11 is 0. The van der Waals surface area contributed by atoms with Crippen LogP contribution in [0.1, 0.15) is 51.1 Å². The highest BCUT2D eigenvalue weighted by Gasteiger charge is 2.38. The van der Waals surface area contributed by atoms with Crippen molar-refractivity contribution < 1.29 is 4.79 Å². The van der Waals surface area contributed by atoms with Crippen LogP contribution in [0.25, 0.3) is 0 Å². The molecule has 2 unspecified atom stereocenters. The number of carbonyl (C=O) groups is 1. The topological polar surface area (TPSA) is 55.1 Å². The van der Waals surface area contributed by atoms with Crippen molar-refractivity contribution in [3.05, 3.63) is 35.9 Å². The standard InChI is InChI=1S/C16H24N2O/c1-3-16(10-7-11-16)18-15(19)12(2)14(17)13-8-5-4-6-9-13/h4-6,8-9,12,14H,3,7,10-11,17H2,1-2H3,(H,18,19). The molecule has 1 aromatic rings. The predicted octanol–water partition coefficient (Wildman–Crippen LogP) is 2.77. The van der Waals surface area contributed by atoms with Gasteiger partial charge in [0.15, 0.2) is 0 Å². The third-order valence-corrected chi connectivity index (χ3v) is 4.51. The minimum atomic E-state index is -0.241. The van der Waals surface area contributed by atoms with Crippen LogP contribution < -0.4 is 11.1 Å². The summed E-state index contributed by atoms with van der Waals surface area (Å²) in [5.74, 6) is -0.121. The van der Waals surface area contributed by atoms with E-state index < -0.39 is 0 Å². The highest BCUT2D eigenvalue weighted by molar-refractivity contribution is 5.80. The quantitative estimate of drug-likeness (QED) is 0.855. The first-order valence-corrected chi connectivity index (χ1v) is 7.20. The molecule has 0 aromatic heterocycles. The maximum atomic E-state index is 12.3. The van der Waals surface area contributed by atoms with E-state index in [1.165, 1.54) is 6.42 Å². The summed E-state index contributed by atoms with van der Waals surface area (Å²) in [7, 11) is 0. The monoisotopic (exact) mass is 260 g/mol. The van der Waals surface area contributed by atoms with Gasteiger partial charge >= 0.3 is 0 Å². The zero-order valence-corrected chi connectivity index (χ0v) is 11.9. The van der Waals surface area contributed by atoms with Crippen molar-refractivity contribution in [3.63, 3.8) is 0 Å². The molecule has 0 saturated heterocycles. The summed E-state index contributed by atoms with van der Waals surface area (Å²) in [5.41, 5.74) is 7.26. The third kappa shape index (κ3) is 2.98. The highest BCUT2D eigenvalue weighted by atomic mass is 16.2. The van der Waals surface area contributed by atoms with Crippen LogP contribution in [0.3, 0.4) is 0 Å². The molecular weight excluding hydrogens is 236 g/mol. The summed E-state index contributed by atoms with van der Waals surface area (Å²) in [6.45, 7) is 4.05. The van der Waals surface area contributed by atoms with Crippen molar-refractivity contribution in [2.45, 2.75) is 51.1 Å². The van der Waals surface area contributed by atoms with Crippen LogP contribution in [0, 0.1) is 5.92 Å². The van der Waals surface area contributed by atoms with E-state index in [1.54, 1.807) is 0 Å². The molecule has 0 bridgehead atoms. The Labute approximate surface area is 115 Å². The van der Waals surface area contributed by atoms with Gasteiger partial charge in [-0.2, -0.15) is 0 Å². The molecule has 0 spiro atoms. The molecule has 2 rings (SSSR count). The van der Waals surface area contributed by atoms with Crippen molar-refractivity contribution >= 4 is 5.91 Å². The number of benzene rings is 1. The molecule has 1 fully saturated rings. The maximum absolute atomic E-state index is 12.3. The van der Waals surface area contributed by atoms with E-state index >= 15 is 0 Å². The molecular formula is C16H24N2O. The predicted molar refractivity (Wildman–Crippen MR) is 77.6 cm³/mol. The number of rotatable bonds is 5. The molecule has 2 atom stereocenters. The molecule has 3 heteroatoms. The molecule has 3 N–H and O–H groups in total. The Morgan fingerprint density at radius 1 is 1.37 bits per heavy atom. The number of nitrogens with two attached hydrogens (primary N) is 1. The van der Waals surface area contributed by atoms with Gasteiger partial charge in [-0.15, -0.1) is 0 Å². The first-order chi connectivity index (χ1) is 9.08. The SMILES string of the molecule is CCC1(NC(=O)C(C)C(N)c2ccccc2)CCC1. The highest BCUT2D eigenvalue weighted by Crippen LogP contribution is 2.35. The van der Waals surface area contributed by atoms with Gasteiger partial charge in [-0.3, -0.25) is 4.79 Å². The largest absolute Gasteiger partial charge is 0.350 e. The second-order valence-corrected chi connectivity index (χ2v) is 5.70. The van der Waals surface area contributed by atoms with Gasteiger partial charge < -0.3 is 11.1 Å². The van der Waals surface area contributed by atoms with Crippen molar-refractivity contribution in [2.75, 3.05) is 0 Å². The fourth-order valence-electron chi connectivity index (χ4n) is 2.67. The van der Waals surface area contributed by atoms with Gasteiger partial charge in [0, 0.05) is 11.6 Å². The molecule has 1 aliphatic carbocycles. The van der Waals surface area contributed by atoms with Gasteiger partial charge in [-0.05, 0) is 31.2 Å². The number of hydrogen-bond acceptors (Lipinski definition) is 2. The van der Waals surface area contributed by atoms with Crippen LogP contribution in [0.5, 0.6) is 0 Å². The molecule has 1 aliphatic rings. The lowest BCUT2D eigenvalue weighted by molar-refractivity contribution is -0.128. The number of hydrogen-bond donors (Lipinski definition) is 2. The fourth-order valence-corrected chi connectivity index (χ4v) is 2.67. The lowest BCUT2D eigenvalue weighted by Crippen LogP contribution is -2.55. The van der Waals surface area contributed by atoms with Gasteiger partial charge in [0.25, 0.3) is 0 Å². The van der Waals surface area contributed by atoms with Crippen LogP contribution in [-0.4, -0.2) is 11.4 Å². The Morgan fingerprint density at radius 2 is 2.00 bits per heavy atom. The van der Waals surface area contributed by atoms with E-state index in [0.717, 1.165) is 24.8 Å². The molecule has 3 nitrogen and oxygen atoms in total. The molecule has 1 saturated carbocycles. The molecule has 104 valence electrons. The Morgan fingerprint density at radius 3 is 2.47 bits per heavy atom. The van der Waals surface area contributed by atoms with E-state index in [1.807, 2.05) is 37.3 Å². The van der Waals surface area contributed by atoms with Gasteiger partial charge in [-0.25, -0.2) is 0 Å². The van der Waals surface area contributed by atoms with Crippen LogP contribution in [-0.2, 0) is 4.79 Å². The van der Waals surface area contributed by atoms with E-state index in [2.05, 4.69) is 12.2 Å². The average Bonchev–Trinajstić information content (AvgIpc) is 2.42. The molecule has 0 heterocycles. The molecule has 0 radical (unpaired) electrons. The van der Waals surface area contributed by atoms with E-state index in [0.29, 0.717) is 0 Å². The molecule has 1 amide bonds. The zero-order valence-electron chi connectivity index (χ0n) is 11.9. The number of carbonyl (C=O) groups excluding carboxylic acids is 1. The van der Waals surface area contributed by atoms with Gasteiger partial charge in [0.2, 0.25) is 5.91 Å². The Balaban J connectivity index is 1.99. The second kappa shape index (κ2) is 5.74. The smallest absolute Gasteiger partial charge is 0.225 e. The number of amides is 1.